The van der Waals surface area contributed by atoms with Crippen LogP contribution in [0.2, 0.25) is 0 Å². The molecule has 0 atom stereocenters. The molecule has 172 valence electrons. The number of benzene rings is 2. The van der Waals surface area contributed by atoms with E-state index in [1.807, 2.05) is 25.1 Å². The van der Waals surface area contributed by atoms with Gasteiger partial charge in [-0.2, -0.15) is 4.31 Å². The zero-order valence-corrected chi connectivity index (χ0v) is 20.3. The Morgan fingerprint density at radius 3 is 2.36 bits per heavy atom. The number of fused-ring (bicyclic) bond motifs is 1. The SMILES string of the molecule is CCN(CC)S(=O)(=O)c1ccc(C(=O)N(Cc2ccco2)c2nc3c(C)cccc3s2)cc1. The van der Waals surface area contributed by atoms with Crippen LogP contribution in [0, 0.1) is 6.92 Å². The standard InChI is InChI=1S/C24H25N3O4S2/c1-4-26(5-2)33(29,30)20-13-11-18(12-14-20)23(28)27(16-19-9-7-15-31-19)24-25-22-17(3)8-6-10-21(22)32-24/h6-15H,4-5,16H2,1-3H3. The number of carbonyl (C=O) groups is 1. The molecule has 2 heterocycles. The number of amides is 1. The average Bonchev–Trinajstić information content (AvgIpc) is 3.48. The number of sulfonamides is 1. The minimum absolute atomic E-state index is 0.163. The van der Waals surface area contributed by atoms with Gasteiger partial charge in [0.05, 0.1) is 27.9 Å². The maximum absolute atomic E-state index is 13.5. The van der Waals surface area contributed by atoms with E-state index in [-0.39, 0.29) is 17.3 Å². The van der Waals surface area contributed by atoms with E-state index < -0.39 is 10.0 Å². The Morgan fingerprint density at radius 1 is 1.03 bits per heavy atom. The van der Waals surface area contributed by atoms with Crippen molar-refractivity contribution in [3.8, 4) is 0 Å². The van der Waals surface area contributed by atoms with Crippen LogP contribution in [0.4, 0.5) is 5.13 Å². The van der Waals surface area contributed by atoms with Crippen LogP contribution in [0.25, 0.3) is 10.2 Å². The van der Waals surface area contributed by atoms with Crippen molar-refractivity contribution in [1.82, 2.24) is 9.29 Å². The number of thiazole rings is 1. The van der Waals surface area contributed by atoms with E-state index in [0.29, 0.717) is 29.5 Å². The maximum Gasteiger partial charge on any atom is 0.260 e. The number of anilines is 1. The summed E-state index contributed by atoms with van der Waals surface area (Å²) in [6, 6.07) is 15.6. The second kappa shape index (κ2) is 9.46. The van der Waals surface area contributed by atoms with Gasteiger partial charge in [0.1, 0.15) is 5.76 Å². The fourth-order valence-corrected chi connectivity index (χ4v) is 6.11. The van der Waals surface area contributed by atoms with Crippen LogP contribution in [0.3, 0.4) is 0 Å². The van der Waals surface area contributed by atoms with Crippen LogP contribution in [0.1, 0.15) is 35.5 Å². The normalized spacial score (nSPS) is 11.9. The van der Waals surface area contributed by atoms with Gasteiger partial charge in [-0.05, 0) is 55.0 Å². The molecular weight excluding hydrogens is 458 g/mol. The Bertz CT molecular complexity index is 1360. The van der Waals surface area contributed by atoms with Crippen LogP contribution >= 0.6 is 11.3 Å². The van der Waals surface area contributed by atoms with Crippen molar-refractivity contribution < 1.29 is 17.6 Å². The summed E-state index contributed by atoms with van der Waals surface area (Å²) in [6.07, 6.45) is 1.56. The number of hydrogen-bond donors (Lipinski definition) is 0. The van der Waals surface area contributed by atoms with Gasteiger partial charge in [-0.25, -0.2) is 13.4 Å². The zero-order chi connectivity index (χ0) is 23.6. The lowest BCUT2D eigenvalue weighted by Gasteiger charge is -2.20. The molecule has 0 fully saturated rings. The smallest absolute Gasteiger partial charge is 0.260 e. The number of aryl methyl sites for hydroxylation is 1. The Morgan fingerprint density at radius 2 is 1.76 bits per heavy atom. The fourth-order valence-electron chi connectivity index (χ4n) is 3.61. The summed E-state index contributed by atoms with van der Waals surface area (Å²) in [5.41, 5.74) is 2.26. The van der Waals surface area contributed by atoms with Crippen molar-refractivity contribution >= 4 is 42.6 Å². The summed E-state index contributed by atoms with van der Waals surface area (Å²) in [4.78, 5) is 20.0. The molecule has 0 aliphatic rings. The second-order valence-corrected chi connectivity index (χ2v) is 10.4. The van der Waals surface area contributed by atoms with E-state index in [1.54, 1.807) is 49.3 Å². The summed E-state index contributed by atoms with van der Waals surface area (Å²) < 4.78 is 33.4. The Kier molecular flexibility index (Phi) is 6.64. The van der Waals surface area contributed by atoms with E-state index in [9.17, 15) is 13.2 Å². The van der Waals surface area contributed by atoms with Crippen molar-refractivity contribution in [2.45, 2.75) is 32.2 Å². The molecule has 4 rings (SSSR count). The molecule has 7 nitrogen and oxygen atoms in total. The summed E-state index contributed by atoms with van der Waals surface area (Å²) in [6.45, 7) is 6.56. The third kappa shape index (κ3) is 4.57. The highest BCUT2D eigenvalue weighted by molar-refractivity contribution is 7.89. The quantitative estimate of drug-likeness (QED) is 0.349. The summed E-state index contributed by atoms with van der Waals surface area (Å²) in [5, 5.41) is 0.556. The molecule has 9 heteroatoms. The van der Waals surface area contributed by atoms with Gasteiger partial charge in [-0.15, -0.1) is 0 Å². The predicted octanol–water partition coefficient (Wildman–Crippen LogP) is 5.08. The van der Waals surface area contributed by atoms with Crippen LogP contribution in [0.5, 0.6) is 0 Å². The van der Waals surface area contributed by atoms with Gasteiger partial charge in [-0.1, -0.05) is 37.3 Å². The summed E-state index contributed by atoms with van der Waals surface area (Å²) in [7, 11) is -3.60. The van der Waals surface area contributed by atoms with Crippen molar-refractivity contribution in [3.63, 3.8) is 0 Å². The highest BCUT2D eigenvalue weighted by Crippen LogP contribution is 2.32. The fraction of sp³-hybridized carbons (Fsp3) is 0.250. The lowest BCUT2D eigenvalue weighted by Crippen LogP contribution is -2.31. The number of hydrogen-bond acceptors (Lipinski definition) is 6. The molecule has 0 bridgehead atoms. The van der Waals surface area contributed by atoms with Crippen LogP contribution in [0.15, 0.2) is 70.2 Å². The average molecular weight is 484 g/mol. The minimum atomic E-state index is -3.60. The van der Waals surface area contributed by atoms with Gasteiger partial charge >= 0.3 is 0 Å². The Hall–Kier alpha value is -3.01. The first-order valence-corrected chi connectivity index (χ1v) is 12.9. The number of rotatable bonds is 8. The number of carbonyl (C=O) groups excluding carboxylic acids is 1. The first-order chi connectivity index (χ1) is 15.8. The van der Waals surface area contributed by atoms with Crippen LogP contribution in [-0.4, -0.2) is 36.7 Å². The second-order valence-electron chi connectivity index (χ2n) is 7.50. The number of nitrogens with zero attached hydrogens (tertiary/aromatic N) is 3. The molecule has 0 unspecified atom stereocenters. The van der Waals surface area contributed by atoms with Crippen molar-refractivity contribution in [2.75, 3.05) is 18.0 Å². The minimum Gasteiger partial charge on any atom is -0.467 e. The molecule has 0 radical (unpaired) electrons. The highest BCUT2D eigenvalue weighted by atomic mass is 32.2. The van der Waals surface area contributed by atoms with Crippen molar-refractivity contribution in [2.24, 2.45) is 0 Å². The lowest BCUT2D eigenvalue weighted by atomic mass is 10.2. The lowest BCUT2D eigenvalue weighted by molar-refractivity contribution is 0.0983. The number of aromatic nitrogens is 1. The van der Waals surface area contributed by atoms with Crippen LogP contribution < -0.4 is 4.90 Å². The van der Waals surface area contributed by atoms with E-state index >= 15 is 0 Å². The number of furan rings is 1. The van der Waals surface area contributed by atoms with E-state index in [1.165, 1.54) is 27.8 Å². The Labute approximate surface area is 197 Å². The third-order valence-electron chi connectivity index (χ3n) is 5.42. The molecule has 2 aromatic carbocycles. The Balaban J connectivity index is 1.70. The summed E-state index contributed by atoms with van der Waals surface area (Å²) >= 11 is 1.43. The first kappa shape index (κ1) is 23.2. The molecule has 0 spiro atoms. The molecule has 0 N–H and O–H groups in total. The van der Waals surface area contributed by atoms with Gasteiger partial charge in [0, 0.05) is 18.7 Å². The first-order valence-electron chi connectivity index (χ1n) is 10.7. The van der Waals surface area contributed by atoms with E-state index in [0.717, 1.165) is 15.8 Å². The van der Waals surface area contributed by atoms with Gasteiger partial charge < -0.3 is 4.42 Å². The highest BCUT2D eigenvalue weighted by Gasteiger charge is 2.25. The molecule has 2 aromatic heterocycles. The van der Waals surface area contributed by atoms with E-state index in [2.05, 4.69) is 0 Å². The molecule has 0 saturated heterocycles. The third-order valence-corrected chi connectivity index (χ3v) is 8.53. The largest absolute Gasteiger partial charge is 0.467 e. The maximum atomic E-state index is 13.5. The van der Waals surface area contributed by atoms with Gasteiger partial charge in [-0.3, -0.25) is 9.69 Å². The van der Waals surface area contributed by atoms with Gasteiger partial charge in [0.25, 0.3) is 5.91 Å². The van der Waals surface area contributed by atoms with E-state index in [4.69, 9.17) is 9.40 Å². The molecule has 0 saturated carbocycles. The van der Waals surface area contributed by atoms with Crippen molar-refractivity contribution in [3.05, 3.63) is 77.7 Å². The number of para-hydroxylation sites is 1. The van der Waals surface area contributed by atoms with Gasteiger partial charge in [0.15, 0.2) is 5.13 Å². The zero-order valence-electron chi connectivity index (χ0n) is 18.7. The van der Waals surface area contributed by atoms with Gasteiger partial charge in [0.2, 0.25) is 10.0 Å². The molecule has 33 heavy (non-hydrogen) atoms. The molecule has 0 aliphatic heterocycles. The predicted molar refractivity (Wildman–Crippen MR) is 130 cm³/mol. The molecule has 4 aromatic rings. The molecule has 0 aliphatic carbocycles. The van der Waals surface area contributed by atoms with Crippen molar-refractivity contribution in [1.29, 1.82) is 0 Å². The molecular formula is C24H25N3O4S2. The topological polar surface area (TPSA) is 83.7 Å². The monoisotopic (exact) mass is 483 g/mol. The van der Waals surface area contributed by atoms with Crippen LogP contribution in [-0.2, 0) is 16.6 Å². The molecule has 1 amide bonds. The summed E-state index contributed by atoms with van der Waals surface area (Å²) in [5.74, 6) is 0.343.